The van der Waals surface area contributed by atoms with Crippen molar-refractivity contribution in [2.45, 2.75) is 104 Å². The molecule has 6 aromatic rings. The number of benzene rings is 4. The van der Waals surface area contributed by atoms with E-state index < -0.39 is 30.1 Å². The fraction of sp³-hybridized carbons (Fsp3) is 0.321. The summed E-state index contributed by atoms with van der Waals surface area (Å²) in [6.07, 6.45) is 5.05. The van der Waals surface area contributed by atoms with E-state index in [4.69, 9.17) is 32.0 Å². The van der Waals surface area contributed by atoms with Gasteiger partial charge in [-0.2, -0.15) is 0 Å². The number of furan rings is 2. The summed E-state index contributed by atoms with van der Waals surface area (Å²) in [6.45, 7) is 22.6. The minimum atomic E-state index is -2.97. The molecule has 0 N–H and O–H groups in total. The van der Waals surface area contributed by atoms with Crippen molar-refractivity contribution in [1.29, 1.82) is 0 Å². The molecule has 4 aromatic carbocycles. The van der Waals surface area contributed by atoms with Crippen LogP contribution in [0.2, 0.25) is 12.1 Å². The molecule has 0 radical (unpaired) electrons. The average molecular weight is 913 g/mol. The number of hydrogen-bond donors (Lipinski definition) is 0. The third kappa shape index (κ3) is 7.22. The van der Waals surface area contributed by atoms with E-state index in [1.807, 2.05) is 0 Å². The predicted molar refractivity (Wildman–Crippen MR) is 249 cm³/mol. The van der Waals surface area contributed by atoms with Crippen molar-refractivity contribution in [2.24, 2.45) is 0 Å². The van der Waals surface area contributed by atoms with Gasteiger partial charge in [-0.1, -0.05) is 0 Å². The maximum atomic E-state index is 7.13. The molecule has 1 aliphatic heterocycles. The van der Waals surface area contributed by atoms with Gasteiger partial charge in [0.2, 0.25) is 0 Å². The van der Waals surface area contributed by atoms with Gasteiger partial charge in [0.15, 0.2) is 0 Å². The van der Waals surface area contributed by atoms with E-state index in [0.717, 1.165) is 35.1 Å². The van der Waals surface area contributed by atoms with E-state index in [2.05, 4.69) is 178 Å². The predicted octanol–water partition coefficient (Wildman–Crippen LogP) is 15.7. The molecule has 6 heteroatoms. The SMILES string of the molecule is Cc1cc2c(c(-c3ccccc3)c1C)C=C(c1ccc(C(C)(C)C)o1)[CH]2[Zr]([CH]1C(c2ccc(C(C)(C)C)o2)=Cc2c1cc(C)c(C)c2-c1ccccc1)=[Si]1CC(Cl)(Cl)C1. The molecule has 2 unspecified atom stereocenters. The number of aryl methyl sites for hydroxylation is 2. The van der Waals surface area contributed by atoms with Crippen molar-refractivity contribution < 1.29 is 29.2 Å². The molecule has 300 valence electrons. The average Bonchev–Trinajstić information content (AvgIpc) is 3.99. The first-order chi connectivity index (χ1) is 27.9. The maximum absolute atomic E-state index is 7.13. The molecule has 2 atom stereocenters. The number of hydrogen-bond acceptors (Lipinski definition) is 2. The van der Waals surface area contributed by atoms with Crippen LogP contribution in [0.15, 0.2) is 106 Å². The topological polar surface area (TPSA) is 26.3 Å². The summed E-state index contributed by atoms with van der Waals surface area (Å²) in [6, 6.07) is 37.8. The summed E-state index contributed by atoms with van der Waals surface area (Å²) in [5, 5.41) is 0. The third-order valence-electron chi connectivity index (χ3n) is 13.0. The van der Waals surface area contributed by atoms with E-state index in [-0.39, 0.29) is 18.1 Å². The van der Waals surface area contributed by atoms with Crippen LogP contribution in [0.3, 0.4) is 0 Å². The van der Waals surface area contributed by atoms with Crippen LogP contribution in [0.5, 0.6) is 0 Å². The second-order valence-corrected chi connectivity index (χ2v) is 36.5. The Labute approximate surface area is 369 Å². The standard InChI is InChI=1S/2C25H25O.C3H4Cl2Si.Zr/c2*1-16-13-19-14-20(22-11-12-23(26-22)25(3,4)5)15-21(19)24(17(16)2)18-9-7-6-8-10-18;4-3(5)1-6-2-3;/h2*6-15H,1-5H3;1-2H2;. The van der Waals surface area contributed by atoms with Gasteiger partial charge in [-0.3, -0.25) is 0 Å². The number of fused-ring (bicyclic) bond motifs is 2. The summed E-state index contributed by atoms with van der Waals surface area (Å²) in [5.74, 6) is 4.01. The molecule has 0 spiro atoms. The van der Waals surface area contributed by atoms with Gasteiger partial charge in [0, 0.05) is 0 Å². The number of allylic oxidation sites excluding steroid dienone is 2. The van der Waals surface area contributed by atoms with Gasteiger partial charge in [0.25, 0.3) is 0 Å². The number of rotatable bonds is 6. The Morgan fingerprint density at radius 3 is 1.31 bits per heavy atom. The summed E-state index contributed by atoms with van der Waals surface area (Å²) in [7, 11) is 0. The molecular weight excluding hydrogens is 859 g/mol. The molecule has 0 bridgehead atoms. The Morgan fingerprint density at radius 1 is 0.576 bits per heavy atom. The molecule has 3 heterocycles. The second kappa shape index (κ2) is 14.9. The molecular formula is C53H54Cl2O2SiZr. The second-order valence-electron chi connectivity index (χ2n) is 19.3. The van der Waals surface area contributed by atoms with Crippen molar-refractivity contribution in [3.05, 3.63) is 165 Å². The van der Waals surface area contributed by atoms with E-state index in [9.17, 15) is 0 Å². The summed E-state index contributed by atoms with van der Waals surface area (Å²) < 4.78 is 13.8. The zero-order chi connectivity index (χ0) is 41.8. The zero-order valence-electron chi connectivity index (χ0n) is 36.0. The molecule has 2 aromatic heterocycles. The molecule has 1 saturated heterocycles. The van der Waals surface area contributed by atoms with Crippen molar-refractivity contribution in [3.8, 4) is 22.3 Å². The fourth-order valence-corrected chi connectivity index (χ4v) is 40.9. The molecule has 3 aliphatic rings. The Hall–Kier alpha value is -3.40. The van der Waals surface area contributed by atoms with Gasteiger partial charge in [-0.15, -0.1) is 0 Å². The van der Waals surface area contributed by atoms with Gasteiger partial charge < -0.3 is 0 Å². The summed E-state index contributed by atoms with van der Waals surface area (Å²) >= 11 is 11.3. The van der Waals surface area contributed by atoms with Crippen molar-refractivity contribution in [3.63, 3.8) is 0 Å². The van der Waals surface area contributed by atoms with Gasteiger partial charge in [0.05, 0.1) is 0 Å². The fourth-order valence-electron chi connectivity index (χ4n) is 9.72. The van der Waals surface area contributed by atoms with Crippen LogP contribution >= 0.6 is 23.2 Å². The minimum absolute atomic E-state index is 0.117. The molecule has 59 heavy (non-hydrogen) atoms. The Bertz CT molecular complexity index is 2560. The van der Waals surface area contributed by atoms with E-state index in [1.165, 1.54) is 77.9 Å². The summed E-state index contributed by atoms with van der Waals surface area (Å²) in [4.78, 5) is 0. The first kappa shape index (κ1) is 41.0. The van der Waals surface area contributed by atoms with Crippen LogP contribution in [0, 0.1) is 27.7 Å². The normalized spacial score (nSPS) is 18.3. The first-order valence-corrected chi connectivity index (χ1v) is 30.2. The number of halogens is 2. The van der Waals surface area contributed by atoms with Crippen LogP contribution in [0.4, 0.5) is 0 Å². The van der Waals surface area contributed by atoms with Crippen LogP contribution < -0.4 is 0 Å². The third-order valence-corrected chi connectivity index (χ3v) is 35.5. The molecule has 1 fully saturated rings. The molecule has 9 rings (SSSR count). The monoisotopic (exact) mass is 910 g/mol. The van der Waals surface area contributed by atoms with Gasteiger partial charge >= 0.3 is 372 Å². The molecule has 0 amide bonds. The van der Waals surface area contributed by atoms with Crippen molar-refractivity contribution >= 4 is 51.9 Å². The van der Waals surface area contributed by atoms with Crippen LogP contribution in [0.1, 0.15) is 116 Å². The van der Waals surface area contributed by atoms with Crippen LogP contribution in [-0.2, 0) is 31.2 Å². The molecule has 0 saturated carbocycles. The van der Waals surface area contributed by atoms with Gasteiger partial charge in [0.1, 0.15) is 0 Å². The molecule has 2 aliphatic carbocycles. The van der Waals surface area contributed by atoms with Gasteiger partial charge in [-0.05, 0) is 0 Å². The molecule has 2 nitrogen and oxygen atoms in total. The first-order valence-electron chi connectivity index (χ1n) is 21.0. The van der Waals surface area contributed by atoms with E-state index in [1.54, 1.807) is 0 Å². The Kier molecular flexibility index (Phi) is 10.3. The van der Waals surface area contributed by atoms with Crippen LogP contribution in [0.25, 0.3) is 45.6 Å². The van der Waals surface area contributed by atoms with Crippen LogP contribution in [-0.4, -0.2) is 9.77 Å². The Morgan fingerprint density at radius 2 is 0.966 bits per heavy atom. The van der Waals surface area contributed by atoms with E-state index in [0.29, 0.717) is 0 Å². The van der Waals surface area contributed by atoms with Gasteiger partial charge in [-0.25, -0.2) is 0 Å². The Balaban J connectivity index is 1.37. The zero-order valence-corrected chi connectivity index (χ0v) is 41.0. The quantitative estimate of drug-likeness (QED) is 0.123. The summed E-state index contributed by atoms with van der Waals surface area (Å²) in [5.41, 5.74) is 17.6. The van der Waals surface area contributed by atoms with E-state index >= 15 is 0 Å². The van der Waals surface area contributed by atoms with Crippen molar-refractivity contribution in [2.75, 3.05) is 0 Å². The number of alkyl halides is 2. The van der Waals surface area contributed by atoms with Crippen molar-refractivity contribution in [1.82, 2.24) is 0 Å².